The van der Waals surface area contributed by atoms with Crippen molar-refractivity contribution < 1.29 is 17.9 Å². The van der Waals surface area contributed by atoms with Gasteiger partial charge in [-0.15, -0.1) is 0 Å². The highest BCUT2D eigenvalue weighted by Gasteiger charge is 2.53. The zero-order chi connectivity index (χ0) is 12.6. The first-order valence-corrected chi connectivity index (χ1v) is 9.92. The second-order valence-electron chi connectivity index (χ2n) is 5.38. The van der Waals surface area contributed by atoms with Crippen LogP contribution in [0.5, 0.6) is 0 Å². The molecule has 0 aromatic rings. The Bertz CT molecular complexity index is 340. The van der Waals surface area contributed by atoms with E-state index in [2.05, 4.69) is 0 Å². The maximum atomic E-state index is 12.8. The topological polar surface area (TPSA) is 52.6 Å². The van der Waals surface area contributed by atoms with Gasteiger partial charge in [-0.2, -0.15) is 0 Å². The SMILES string of the molecule is O=S(=O)(C1([SiH3])CCCCO1)C1([SiH3])CCCCO1. The number of ether oxygens (including phenoxy) is 2. The van der Waals surface area contributed by atoms with E-state index in [4.69, 9.17) is 9.47 Å². The first kappa shape index (κ1) is 13.7. The van der Waals surface area contributed by atoms with Gasteiger partial charge in [0, 0.05) is 13.2 Å². The van der Waals surface area contributed by atoms with E-state index in [1.165, 1.54) is 0 Å². The van der Waals surface area contributed by atoms with Crippen molar-refractivity contribution in [1.82, 2.24) is 0 Å². The van der Waals surface area contributed by atoms with Crippen LogP contribution in [0, 0.1) is 0 Å². The molecule has 2 rings (SSSR count). The van der Waals surface area contributed by atoms with Crippen LogP contribution in [0.2, 0.25) is 0 Å². The van der Waals surface area contributed by atoms with Crippen molar-refractivity contribution in [3.05, 3.63) is 0 Å². The van der Waals surface area contributed by atoms with Crippen molar-refractivity contribution in [2.45, 2.75) is 47.6 Å². The molecule has 2 unspecified atom stereocenters. The van der Waals surface area contributed by atoms with Gasteiger partial charge < -0.3 is 9.47 Å². The minimum atomic E-state index is -3.31. The molecule has 0 aliphatic carbocycles. The molecule has 0 aromatic heterocycles. The minimum absolute atomic E-state index is 0.537. The van der Waals surface area contributed by atoms with Crippen molar-refractivity contribution in [3.63, 3.8) is 0 Å². The van der Waals surface area contributed by atoms with Gasteiger partial charge in [0.15, 0.2) is 0 Å². The van der Waals surface area contributed by atoms with E-state index in [0.717, 1.165) is 25.7 Å². The van der Waals surface area contributed by atoms with Crippen LogP contribution in [0.3, 0.4) is 0 Å². The molecule has 2 heterocycles. The first-order valence-electron chi connectivity index (χ1n) is 6.43. The molecule has 2 saturated heterocycles. The molecule has 0 saturated carbocycles. The van der Waals surface area contributed by atoms with Gasteiger partial charge in [0.25, 0.3) is 0 Å². The summed E-state index contributed by atoms with van der Waals surface area (Å²) in [5, 5.41) is 0. The van der Waals surface area contributed by atoms with E-state index in [1.807, 2.05) is 0 Å². The lowest BCUT2D eigenvalue weighted by Gasteiger charge is -2.43. The summed E-state index contributed by atoms with van der Waals surface area (Å²) in [7, 11) is -2.23. The van der Waals surface area contributed by atoms with Crippen LogP contribution in [0.25, 0.3) is 0 Å². The van der Waals surface area contributed by atoms with Crippen LogP contribution >= 0.6 is 0 Å². The van der Waals surface area contributed by atoms with E-state index in [1.54, 1.807) is 0 Å². The fraction of sp³-hybridized carbons (Fsp3) is 1.00. The largest absolute Gasteiger partial charge is 0.364 e. The van der Waals surface area contributed by atoms with Gasteiger partial charge >= 0.3 is 0 Å². The van der Waals surface area contributed by atoms with Crippen molar-refractivity contribution >= 4 is 30.3 Å². The standard InChI is InChI=1S/C10H22O4SSi2/c11-15(12,9(16)5-1-3-7-13-9)10(17)6-2-4-8-14-10/h1-8H2,16-17H3. The molecule has 0 spiro atoms. The molecule has 0 amide bonds. The van der Waals surface area contributed by atoms with Gasteiger partial charge in [0.2, 0.25) is 9.84 Å². The molecule has 100 valence electrons. The molecule has 0 radical (unpaired) electrons. The summed E-state index contributed by atoms with van der Waals surface area (Å²) in [4.78, 5) is 0. The van der Waals surface area contributed by atoms with Gasteiger partial charge in [0.05, 0.1) is 20.5 Å². The highest BCUT2D eigenvalue weighted by Crippen LogP contribution is 2.38. The maximum Gasteiger partial charge on any atom is 0.200 e. The second-order valence-corrected chi connectivity index (χ2v) is 12.8. The van der Waals surface area contributed by atoms with Gasteiger partial charge in [0.1, 0.15) is 9.11 Å². The predicted octanol–water partition coefficient (Wildman–Crippen LogP) is -1.16. The van der Waals surface area contributed by atoms with Gasteiger partial charge in [-0.05, 0) is 38.5 Å². The first-order chi connectivity index (χ1) is 7.91. The molecule has 0 bridgehead atoms. The Morgan fingerprint density at radius 3 is 1.53 bits per heavy atom. The zero-order valence-corrected chi connectivity index (χ0v) is 15.5. The Kier molecular flexibility index (Phi) is 3.85. The summed E-state index contributed by atoms with van der Waals surface area (Å²) in [5.74, 6) is 0. The van der Waals surface area contributed by atoms with Gasteiger partial charge in [-0.3, -0.25) is 0 Å². The number of sulfone groups is 1. The fourth-order valence-corrected chi connectivity index (χ4v) is 9.84. The molecule has 0 N–H and O–H groups in total. The number of rotatable bonds is 2. The quantitative estimate of drug-likeness (QED) is 0.603. The average Bonchev–Trinajstić information content (AvgIpc) is 2.30. The zero-order valence-electron chi connectivity index (χ0n) is 10.7. The van der Waals surface area contributed by atoms with Crippen LogP contribution in [0.15, 0.2) is 0 Å². The van der Waals surface area contributed by atoms with Crippen molar-refractivity contribution in [3.8, 4) is 0 Å². The van der Waals surface area contributed by atoms with Crippen LogP contribution in [-0.4, -0.2) is 51.2 Å². The van der Waals surface area contributed by atoms with Crippen LogP contribution in [0.1, 0.15) is 38.5 Å². The molecule has 7 heteroatoms. The Balaban J connectivity index is 2.27. The average molecular weight is 295 g/mol. The molecule has 0 aromatic carbocycles. The monoisotopic (exact) mass is 294 g/mol. The van der Waals surface area contributed by atoms with Gasteiger partial charge in [-0.1, -0.05) is 0 Å². The van der Waals surface area contributed by atoms with Gasteiger partial charge in [-0.25, -0.2) is 8.42 Å². The third-order valence-electron chi connectivity index (χ3n) is 4.00. The van der Waals surface area contributed by atoms with Crippen molar-refractivity contribution in [1.29, 1.82) is 0 Å². The fourth-order valence-electron chi connectivity index (χ4n) is 2.70. The Hall–Kier alpha value is 0.304. The molecule has 2 aliphatic heterocycles. The second kappa shape index (κ2) is 4.77. The maximum absolute atomic E-state index is 12.8. The molecule has 17 heavy (non-hydrogen) atoms. The smallest absolute Gasteiger partial charge is 0.200 e. The van der Waals surface area contributed by atoms with E-state index < -0.39 is 18.9 Å². The molecule has 2 atom stereocenters. The van der Waals surface area contributed by atoms with Crippen molar-refractivity contribution in [2.24, 2.45) is 0 Å². The highest BCUT2D eigenvalue weighted by atomic mass is 32.2. The molecule has 2 fully saturated rings. The molecule has 2 aliphatic rings. The lowest BCUT2D eigenvalue weighted by atomic mass is 10.2. The third-order valence-corrected chi connectivity index (χ3v) is 11.7. The van der Waals surface area contributed by atoms with Crippen LogP contribution in [0.4, 0.5) is 0 Å². The Morgan fingerprint density at radius 2 is 1.24 bits per heavy atom. The Labute approximate surface area is 109 Å². The van der Waals surface area contributed by atoms with E-state index in [0.29, 0.717) is 46.5 Å². The van der Waals surface area contributed by atoms with Crippen LogP contribution < -0.4 is 0 Å². The van der Waals surface area contributed by atoms with Crippen LogP contribution in [-0.2, 0) is 19.3 Å². The third kappa shape index (κ3) is 2.27. The number of hydrogen-bond donors (Lipinski definition) is 0. The molecular formula is C10H22O4SSi2. The normalized spacial score (nSPS) is 40.5. The lowest BCUT2D eigenvalue weighted by molar-refractivity contribution is 0.00932. The summed E-state index contributed by atoms with van der Waals surface area (Å²) < 4.78 is 35.2. The Morgan fingerprint density at radius 1 is 0.824 bits per heavy atom. The predicted molar refractivity (Wildman–Crippen MR) is 73.9 cm³/mol. The summed E-state index contributed by atoms with van der Waals surface area (Å²) in [5.41, 5.74) is 0. The van der Waals surface area contributed by atoms with E-state index in [-0.39, 0.29) is 0 Å². The minimum Gasteiger partial charge on any atom is -0.364 e. The molecule has 4 nitrogen and oxygen atoms in total. The molecular weight excluding hydrogens is 272 g/mol. The summed E-state index contributed by atoms with van der Waals surface area (Å²) in [6.45, 7) is 1.17. The number of hydrogen-bond acceptors (Lipinski definition) is 4. The summed E-state index contributed by atoms with van der Waals surface area (Å²) in [6, 6.07) is 0. The van der Waals surface area contributed by atoms with Crippen molar-refractivity contribution in [2.75, 3.05) is 13.2 Å². The van der Waals surface area contributed by atoms with E-state index >= 15 is 0 Å². The lowest BCUT2D eigenvalue weighted by Crippen LogP contribution is -2.57. The highest BCUT2D eigenvalue weighted by molar-refractivity contribution is 7.96. The summed E-state index contributed by atoms with van der Waals surface area (Å²) in [6.07, 6.45) is 5.20. The summed E-state index contributed by atoms with van der Waals surface area (Å²) >= 11 is 0. The van der Waals surface area contributed by atoms with E-state index in [9.17, 15) is 8.42 Å².